The summed E-state index contributed by atoms with van der Waals surface area (Å²) in [5.41, 5.74) is 2.95. The van der Waals surface area contributed by atoms with Gasteiger partial charge in [0.25, 0.3) is 0 Å². The predicted molar refractivity (Wildman–Crippen MR) is 183 cm³/mol. The third-order valence-electron chi connectivity index (χ3n) is 7.12. The van der Waals surface area contributed by atoms with Gasteiger partial charge in [0.1, 0.15) is 23.7 Å². The van der Waals surface area contributed by atoms with Gasteiger partial charge in [-0.3, -0.25) is 0 Å². The van der Waals surface area contributed by atoms with Crippen molar-refractivity contribution in [3.05, 3.63) is 85.7 Å². The fraction of sp³-hybridized carbons (Fsp3) is 0.429. The van der Waals surface area contributed by atoms with E-state index in [1.54, 1.807) is 18.3 Å². The molecule has 8 heteroatoms. The summed E-state index contributed by atoms with van der Waals surface area (Å²) in [4.78, 5) is 8.23. The molecule has 6 nitrogen and oxygen atoms in total. The van der Waals surface area contributed by atoms with Crippen molar-refractivity contribution in [3.8, 4) is 11.8 Å². The molecule has 0 saturated carbocycles. The van der Waals surface area contributed by atoms with E-state index in [1.165, 1.54) is 0 Å². The molecule has 0 fully saturated rings. The van der Waals surface area contributed by atoms with E-state index < -0.39 is 11.7 Å². The Labute approximate surface area is 269 Å². The Morgan fingerprint density at radius 1 is 1.14 bits per heavy atom. The molecule has 228 valence electrons. The zero-order chi connectivity index (χ0) is 31.4. The van der Waals surface area contributed by atoms with Crippen molar-refractivity contribution in [1.82, 2.24) is 0 Å². The largest absolute Gasteiger partial charge is 0.494 e. The fourth-order valence-electron chi connectivity index (χ4n) is 4.63. The second-order valence-electron chi connectivity index (χ2n) is 11.0. The number of allylic oxidation sites excluding steroid dienone is 1. The molecule has 0 bridgehead atoms. The number of hydrogen-bond acceptors (Lipinski definition) is 6. The summed E-state index contributed by atoms with van der Waals surface area (Å²) in [6, 6.07) is 12.6. The van der Waals surface area contributed by atoms with Crippen LogP contribution in [0.25, 0.3) is 23.1 Å². The number of nitrogens with zero attached hydrogens (tertiary/aromatic N) is 3. The van der Waals surface area contributed by atoms with Crippen LogP contribution in [0.4, 0.5) is 5.69 Å². The van der Waals surface area contributed by atoms with Gasteiger partial charge < -0.3 is 19.5 Å². The lowest BCUT2D eigenvalue weighted by Gasteiger charge is -2.26. The van der Waals surface area contributed by atoms with Gasteiger partial charge in [-0.2, -0.15) is 5.26 Å². The number of halogens is 1. The van der Waals surface area contributed by atoms with Crippen molar-refractivity contribution in [3.63, 3.8) is 0 Å². The summed E-state index contributed by atoms with van der Waals surface area (Å²) in [5, 5.41) is 19.9. The van der Waals surface area contributed by atoms with Gasteiger partial charge in [0.2, 0.25) is 5.70 Å². The summed E-state index contributed by atoms with van der Waals surface area (Å²) in [6.45, 7) is 19.8. The highest BCUT2D eigenvalue weighted by Crippen LogP contribution is 2.41. The maximum absolute atomic E-state index is 10.1. The Bertz CT molecular complexity index is 1450. The predicted octanol–water partition coefficient (Wildman–Crippen LogP) is 9.25. The average molecular weight is 665 g/mol. The number of nitriles is 1. The van der Waals surface area contributed by atoms with Gasteiger partial charge >= 0.3 is 0 Å². The van der Waals surface area contributed by atoms with Gasteiger partial charge in [-0.15, -0.1) is 11.3 Å². The van der Waals surface area contributed by atoms with Crippen molar-refractivity contribution in [2.45, 2.75) is 72.0 Å². The highest BCUT2D eigenvalue weighted by molar-refractivity contribution is 9.09. The number of hydrogen-bond donors (Lipinski definition) is 1. The second kappa shape index (κ2) is 16.5. The molecule has 0 spiro atoms. The van der Waals surface area contributed by atoms with Gasteiger partial charge in [-0.05, 0) is 76.1 Å². The monoisotopic (exact) mass is 663 g/mol. The summed E-state index contributed by atoms with van der Waals surface area (Å²) in [7, 11) is 0. The number of rotatable bonds is 15. The van der Waals surface area contributed by atoms with Crippen molar-refractivity contribution < 1.29 is 14.6 Å². The Hall–Kier alpha value is -3.30. The van der Waals surface area contributed by atoms with E-state index in [0.717, 1.165) is 71.1 Å². The molecule has 0 amide bonds. The smallest absolute Gasteiger partial charge is 0.236 e. The lowest BCUT2D eigenvalue weighted by molar-refractivity contribution is 0.0948. The van der Waals surface area contributed by atoms with Crippen LogP contribution in [0, 0.1) is 17.9 Å². The van der Waals surface area contributed by atoms with Crippen LogP contribution >= 0.6 is 27.3 Å². The third-order valence-corrected chi connectivity index (χ3v) is 8.88. The molecule has 1 aromatic carbocycles. The van der Waals surface area contributed by atoms with E-state index in [9.17, 15) is 10.4 Å². The van der Waals surface area contributed by atoms with Crippen LogP contribution in [0.15, 0.2) is 59.0 Å². The number of anilines is 1. The summed E-state index contributed by atoms with van der Waals surface area (Å²) in [5.74, 6) is 1.12. The Morgan fingerprint density at radius 2 is 1.79 bits per heavy atom. The average Bonchev–Trinajstić information content (AvgIpc) is 3.57. The standard InChI is InChI=1S/C35H42BrN3O3S/c1-7-9-19-39(20-10-8-2)27-13-11-26(32(21-27)41-24-28(40)22-36)12-14-29-15-16-30(43-29)17-18-31-33(38-6)34(25(3)23-37)42-35(31,4)5/h11-18,21,28,40H,7-10,19-20,22,24H2,1-5H3/b14-12+,18-17+,34-25+. The molecule has 0 aliphatic carbocycles. The number of benzene rings is 1. The molecular formula is C35H42BrN3O3S. The van der Waals surface area contributed by atoms with E-state index in [2.05, 4.69) is 82.0 Å². The number of thiophene rings is 1. The molecule has 43 heavy (non-hydrogen) atoms. The lowest BCUT2D eigenvalue weighted by Crippen LogP contribution is -2.25. The highest BCUT2D eigenvalue weighted by Gasteiger charge is 2.37. The molecule has 0 radical (unpaired) electrons. The summed E-state index contributed by atoms with van der Waals surface area (Å²) >= 11 is 4.97. The molecule has 2 aromatic rings. The van der Waals surface area contributed by atoms with E-state index in [-0.39, 0.29) is 6.61 Å². The van der Waals surface area contributed by atoms with Crippen LogP contribution in [0.3, 0.4) is 0 Å². The first kappa shape index (κ1) is 34.2. The van der Waals surface area contributed by atoms with Crippen LogP contribution in [0.2, 0.25) is 0 Å². The molecule has 1 aromatic heterocycles. The molecule has 1 unspecified atom stereocenters. The molecular weight excluding hydrogens is 622 g/mol. The first-order valence-corrected chi connectivity index (χ1v) is 16.8. The van der Waals surface area contributed by atoms with Crippen LogP contribution in [-0.4, -0.2) is 41.8 Å². The SMILES string of the molecule is [C-]#[N+]C1=C(/C=C/c2ccc(/C=C/c3ccc(N(CCCC)CCCC)cc3OCC(O)CBr)s2)C(C)(C)O/C1=C(\C)C#N. The van der Waals surface area contributed by atoms with E-state index in [0.29, 0.717) is 22.4 Å². The van der Waals surface area contributed by atoms with Crippen molar-refractivity contribution in [2.24, 2.45) is 0 Å². The van der Waals surface area contributed by atoms with Crippen LogP contribution in [0.5, 0.6) is 5.75 Å². The van der Waals surface area contributed by atoms with Gasteiger partial charge in [0.05, 0.1) is 24.3 Å². The number of alkyl halides is 1. The van der Waals surface area contributed by atoms with Crippen molar-refractivity contribution in [2.75, 3.05) is 29.9 Å². The summed E-state index contributed by atoms with van der Waals surface area (Å²) in [6.07, 6.45) is 12.0. The maximum atomic E-state index is 10.1. The Kier molecular flexibility index (Phi) is 13.1. The summed E-state index contributed by atoms with van der Waals surface area (Å²) < 4.78 is 12.1. The molecule has 3 rings (SSSR count). The fourth-order valence-corrected chi connectivity index (χ4v) is 5.63. The molecule has 2 heterocycles. The first-order chi connectivity index (χ1) is 20.7. The molecule has 1 aliphatic rings. The Balaban J connectivity index is 1.86. The van der Waals surface area contributed by atoms with Gasteiger partial charge in [0, 0.05) is 51.1 Å². The molecule has 0 saturated heterocycles. The third kappa shape index (κ3) is 9.34. The second-order valence-corrected chi connectivity index (χ2v) is 12.8. The van der Waals surface area contributed by atoms with Crippen molar-refractivity contribution in [1.29, 1.82) is 5.26 Å². The van der Waals surface area contributed by atoms with Crippen LogP contribution in [0.1, 0.15) is 75.6 Å². The quantitative estimate of drug-likeness (QED) is 0.117. The van der Waals surface area contributed by atoms with Crippen molar-refractivity contribution >= 4 is 51.2 Å². The van der Waals surface area contributed by atoms with E-state index >= 15 is 0 Å². The van der Waals surface area contributed by atoms with Gasteiger partial charge in [-0.25, -0.2) is 4.85 Å². The molecule has 1 aliphatic heterocycles. The topological polar surface area (TPSA) is 70.1 Å². The highest BCUT2D eigenvalue weighted by atomic mass is 79.9. The van der Waals surface area contributed by atoms with Crippen LogP contribution in [-0.2, 0) is 4.74 Å². The van der Waals surface area contributed by atoms with E-state index in [1.807, 2.05) is 32.1 Å². The number of aliphatic hydroxyl groups excluding tert-OH is 1. The number of aliphatic hydroxyl groups is 1. The molecule has 1 N–H and O–H groups in total. The van der Waals surface area contributed by atoms with Crippen LogP contribution < -0.4 is 9.64 Å². The number of ether oxygens (including phenoxy) is 2. The number of unbranched alkanes of at least 4 members (excludes halogenated alkanes) is 2. The normalized spacial score (nSPS) is 16.3. The van der Waals surface area contributed by atoms with Gasteiger partial charge in [-0.1, -0.05) is 48.7 Å². The van der Waals surface area contributed by atoms with Gasteiger partial charge in [0.15, 0.2) is 0 Å². The minimum atomic E-state index is -0.697. The minimum Gasteiger partial charge on any atom is -0.494 e. The van der Waals surface area contributed by atoms with E-state index in [4.69, 9.17) is 16.0 Å². The zero-order valence-corrected chi connectivity index (χ0v) is 28.2. The maximum Gasteiger partial charge on any atom is 0.236 e. The zero-order valence-electron chi connectivity index (χ0n) is 25.8. The minimum absolute atomic E-state index is 0.209. The molecule has 1 atom stereocenters. The Morgan fingerprint density at radius 3 is 2.37 bits per heavy atom. The first-order valence-electron chi connectivity index (χ1n) is 14.8. The lowest BCUT2D eigenvalue weighted by atomic mass is 9.97.